The van der Waals surface area contributed by atoms with Gasteiger partial charge in [-0.3, -0.25) is 9.59 Å². The Morgan fingerprint density at radius 3 is 2.75 bits per heavy atom. The van der Waals surface area contributed by atoms with Crippen molar-refractivity contribution in [3.8, 4) is 5.75 Å². The number of hydrogen-bond donors (Lipinski definition) is 1. The summed E-state index contributed by atoms with van der Waals surface area (Å²) < 4.78 is 10.6. The molecule has 0 atom stereocenters. The SMILES string of the molecule is COc1ccc2c(CC(=O)Nc3cccc(C(C)=O)c3)coc2c1. The minimum Gasteiger partial charge on any atom is -0.497 e. The Hall–Kier alpha value is -3.08. The number of nitrogens with one attached hydrogen (secondary N) is 1. The van der Waals surface area contributed by atoms with Crippen LogP contribution in [0.2, 0.25) is 0 Å². The fourth-order valence-corrected chi connectivity index (χ4v) is 2.52. The Bertz CT molecular complexity index is 911. The van der Waals surface area contributed by atoms with E-state index in [1.807, 2.05) is 12.1 Å². The van der Waals surface area contributed by atoms with Crippen LogP contribution in [0.15, 0.2) is 53.1 Å². The van der Waals surface area contributed by atoms with Crippen molar-refractivity contribution in [3.05, 3.63) is 59.9 Å². The van der Waals surface area contributed by atoms with E-state index in [0.29, 0.717) is 22.6 Å². The van der Waals surface area contributed by atoms with Gasteiger partial charge in [0.05, 0.1) is 19.8 Å². The fourth-order valence-electron chi connectivity index (χ4n) is 2.52. The minimum atomic E-state index is -0.172. The summed E-state index contributed by atoms with van der Waals surface area (Å²) in [5, 5.41) is 3.68. The summed E-state index contributed by atoms with van der Waals surface area (Å²) >= 11 is 0. The van der Waals surface area contributed by atoms with Crippen LogP contribution in [0.25, 0.3) is 11.0 Å². The van der Waals surface area contributed by atoms with Crippen LogP contribution < -0.4 is 10.1 Å². The van der Waals surface area contributed by atoms with Gasteiger partial charge in [-0.15, -0.1) is 0 Å². The standard InChI is InChI=1S/C19H17NO4/c1-12(21)13-4-3-5-15(8-13)20-19(22)9-14-11-24-18-10-16(23-2)6-7-17(14)18/h3-8,10-11H,9H2,1-2H3,(H,20,22). The number of rotatable bonds is 5. The van der Waals surface area contributed by atoms with E-state index in [-0.39, 0.29) is 18.1 Å². The fraction of sp³-hybridized carbons (Fsp3) is 0.158. The van der Waals surface area contributed by atoms with Crippen molar-refractivity contribution in [2.75, 3.05) is 12.4 Å². The average molecular weight is 323 g/mol. The number of Topliss-reactive ketones (excluding diaryl/α,β-unsaturated/α-hetero) is 1. The summed E-state index contributed by atoms with van der Waals surface area (Å²) in [6, 6.07) is 12.4. The summed E-state index contributed by atoms with van der Waals surface area (Å²) in [5.74, 6) is 0.490. The second-order valence-electron chi connectivity index (χ2n) is 5.48. The van der Waals surface area contributed by atoms with E-state index in [1.165, 1.54) is 6.92 Å². The first-order valence-electron chi connectivity index (χ1n) is 7.52. The first kappa shape index (κ1) is 15.8. The quantitative estimate of drug-likeness (QED) is 0.725. The highest BCUT2D eigenvalue weighted by atomic mass is 16.5. The van der Waals surface area contributed by atoms with Gasteiger partial charge in [-0.25, -0.2) is 0 Å². The molecule has 0 spiro atoms. The minimum absolute atomic E-state index is 0.0409. The number of ether oxygens (including phenoxy) is 1. The molecule has 1 N–H and O–H groups in total. The lowest BCUT2D eigenvalue weighted by molar-refractivity contribution is -0.115. The molecule has 0 aliphatic carbocycles. The van der Waals surface area contributed by atoms with E-state index in [9.17, 15) is 9.59 Å². The molecule has 1 heterocycles. The normalized spacial score (nSPS) is 10.6. The number of carbonyl (C=O) groups excluding carboxylic acids is 2. The third kappa shape index (κ3) is 3.30. The maximum atomic E-state index is 12.3. The molecule has 5 nitrogen and oxygen atoms in total. The van der Waals surface area contributed by atoms with Crippen molar-refractivity contribution in [2.24, 2.45) is 0 Å². The number of hydrogen-bond acceptors (Lipinski definition) is 4. The van der Waals surface area contributed by atoms with Gasteiger partial charge >= 0.3 is 0 Å². The van der Waals surface area contributed by atoms with E-state index in [1.54, 1.807) is 43.7 Å². The number of benzene rings is 2. The third-order valence-corrected chi connectivity index (χ3v) is 3.77. The predicted molar refractivity (Wildman–Crippen MR) is 91.5 cm³/mol. The molecule has 0 bridgehead atoms. The summed E-state index contributed by atoms with van der Waals surface area (Å²) in [7, 11) is 1.59. The zero-order valence-corrected chi connectivity index (χ0v) is 13.5. The highest BCUT2D eigenvalue weighted by Crippen LogP contribution is 2.26. The maximum absolute atomic E-state index is 12.3. The lowest BCUT2D eigenvalue weighted by Gasteiger charge is -2.06. The third-order valence-electron chi connectivity index (χ3n) is 3.77. The molecule has 3 aromatic rings. The van der Waals surface area contributed by atoms with E-state index < -0.39 is 0 Å². The zero-order valence-electron chi connectivity index (χ0n) is 13.5. The van der Waals surface area contributed by atoms with Gasteiger partial charge in [-0.2, -0.15) is 0 Å². The molecule has 24 heavy (non-hydrogen) atoms. The van der Waals surface area contributed by atoms with Gasteiger partial charge in [0.25, 0.3) is 0 Å². The first-order chi connectivity index (χ1) is 11.6. The number of ketones is 1. The molecule has 0 saturated heterocycles. The molecule has 5 heteroatoms. The molecule has 0 saturated carbocycles. The zero-order chi connectivity index (χ0) is 17.1. The Labute approximate surface area is 139 Å². The number of carbonyl (C=O) groups is 2. The molecule has 0 aliphatic rings. The van der Waals surface area contributed by atoms with Gasteiger partial charge in [-0.1, -0.05) is 12.1 Å². The van der Waals surface area contributed by atoms with Crippen LogP contribution in [0.3, 0.4) is 0 Å². The summed E-state index contributed by atoms with van der Waals surface area (Å²) in [6.07, 6.45) is 1.76. The van der Waals surface area contributed by atoms with Crippen LogP contribution in [0, 0.1) is 0 Å². The molecule has 0 aliphatic heterocycles. The van der Waals surface area contributed by atoms with Crippen LogP contribution >= 0.6 is 0 Å². The van der Waals surface area contributed by atoms with Gasteiger partial charge in [0.2, 0.25) is 5.91 Å². The predicted octanol–water partition coefficient (Wildman–Crippen LogP) is 3.83. The highest BCUT2D eigenvalue weighted by Gasteiger charge is 2.12. The van der Waals surface area contributed by atoms with Crippen molar-refractivity contribution in [1.29, 1.82) is 0 Å². The molecule has 2 aromatic carbocycles. The smallest absolute Gasteiger partial charge is 0.228 e. The molecule has 1 aromatic heterocycles. The molecule has 0 fully saturated rings. The Balaban J connectivity index is 1.75. The molecule has 0 radical (unpaired) electrons. The van der Waals surface area contributed by atoms with E-state index in [0.717, 1.165) is 10.9 Å². The second kappa shape index (κ2) is 6.58. The Morgan fingerprint density at radius 2 is 2.00 bits per heavy atom. The first-order valence-corrected chi connectivity index (χ1v) is 7.52. The van der Waals surface area contributed by atoms with Crippen molar-refractivity contribution in [2.45, 2.75) is 13.3 Å². The molecule has 0 unspecified atom stereocenters. The van der Waals surface area contributed by atoms with E-state index >= 15 is 0 Å². The number of amides is 1. The number of methoxy groups -OCH3 is 1. The molecular formula is C19H17NO4. The molecule has 1 amide bonds. The largest absolute Gasteiger partial charge is 0.497 e. The average Bonchev–Trinajstić information content (AvgIpc) is 2.97. The number of anilines is 1. The van der Waals surface area contributed by atoms with Crippen molar-refractivity contribution < 1.29 is 18.7 Å². The Morgan fingerprint density at radius 1 is 1.17 bits per heavy atom. The lowest BCUT2D eigenvalue weighted by Crippen LogP contribution is -2.14. The number of fused-ring (bicyclic) bond motifs is 1. The monoisotopic (exact) mass is 323 g/mol. The van der Waals surface area contributed by atoms with E-state index in [4.69, 9.17) is 9.15 Å². The molecular weight excluding hydrogens is 306 g/mol. The summed E-state index contributed by atoms with van der Waals surface area (Å²) in [5.41, 5.74) is 2.64. The van der Waals surface area contributed by atoms with Gasteiger partial charge in [0.15, 0.2) is 5.78 Å². The van der Waals surface area contributed by atoms with Crippen LogP contribution in [-0.2, 0) is 11.2 Å². The van der Waals surface area contributed by atoms with Gasteiger partial charge in [-0.05, 0) is 31.2 Å². The van der Waals surface area contributed by atoms with Gasteiger partial charge in [0, 0.05) is 28.3 Å². The highest BCUT2D eigenvalue weighted by molar-refractivity contribution is 5.98. The number of furan rings is 1. The molecule has 122 valence electrons. The second-order valence-corrected chi connectivity index (χ2v) is 5.48. The van der Waals surface area contributed by atoms with Crippen molar-refractivity contribution in [3.63, 3.8) is 0 Å². The summed E-state index contributed by atoms with van der Waals surface area (Å²) in [6.45, 7) is 1.49. The van der Waals surface area contributed by atoms with E-state index in [2.05, 4.69) is 5.32 Å². The lowest BCUT2D eigenvalue weighted by atomic mass is 10.1. The Kier molecular flexibility index (Phi) is 4.33. The van der Waals surface area contributed by atoms with Gasteiger partial charge < -0.3 is 14.5 Å². The van der Waals surface area contributed by atoms with Crippen molar-refractivity contribution >= 4 is 28.3 Å². The van der Waals surface area contributed by atoms with Gasteiger partial charge in [0.1, 0.15) is 11.3 Å². The maximum Gasteiger partial charge on any atom is 0.228 e. The topological polar surface area (TPSA) is 68.5 Å². The van der Waals surface area contributed by atoms with Crippen LogP contribution in [0.4, 0.5) is 5.69 Å². The summed E-state index contributed by atoms with van der Waals surface area (Å²) in [4.78, 5) is 23.7. The van der Waals surface area contributed by atoms with Crippen LogP contribution in [-0.4, -0.2) is 18.8 Å². The molecule has 3 rings (SSSR count). The van der Waals surface area contributed by atoms with Crippen LogP contribution in [0.5, 0.6) is 5.75 Å². The van der Waals surface area contributed by atoms with Crippen LogP contribution in [0.1, 0.15) is 22.8 Å². The van der Waals surface area contributed by atoms with Crippen molar-refractivity contribution in [1.82, 2.24) is 0 Å².